The number of aliphatic hydroxyl groups excluding tert-OH is 2. The van der Waals surface area contributed by atoms with Crippen LogP contribution in [-0.4, -0.2) is 47.4 Å². The Labute approximate surface area is 386 Å². The minimum Gasteiger partial charge on any atom is -0.466 e. The third kappa shape index (κ3) is 47.8. The van der Waals surface area contributed by atoms with Gasteiger partial charge < -0.3 is 20.3 Å². The zero-order valence-corrected chi connectivity index (χ0v) is 41.6. The van der Waals surface area contributed by atoms with Crippen molar-refractivity contribution in [1.82, 2.24) is 5.32 Å². The highest BCUT2D eigenvalue weighted by molar-refractivity contribution is 5.76. The molecule has 3 N–H and O–H groups in total. The van der Waals surface area contributed by atoms with Crippen LogP contribution < -0.4 is 5.32 Å². The van der Waals surface area contributed by atoms with Gasteiger partial charge in [0, 0.05) is 12.8 Å². The summed E-state index contributed by atoms with van der Waals surface area (Å²) in [5.74, 6) is -0.0636. The Morgan fingerprint density at radius 1 is 0.452 bits per heavy atom. The molecule has 0 aliphatic carbocycles. The predicted octanol–water partition coefficient (Wildman–Crippen LogP) is 16.7. The predicted molar refractivity (Wildman–Crippen MR) is 269 cm³/mol. The van der Waals surface area contributed by atoms with Gasteiger partial charge in [-0.05, 0) is 64.2 Å². The van der Waals surface area contributed by atoms with Crippen LogP contribution in [0.4, 0.5) is 0 Å². The molecule has 2 atom stereocenters. The summed E-state index contributed by atoms with van der Waals surface area (Å²) in [6, 6.07) is -0.552. The zero-order valence-electron chi connectivity index (χ0n) is 41.6. The molecule has 0 bridgehead atoms. The molecule has 0 rings (SSSR count). The highest BCUT2D eigenvalue weighted by Crippen LogP contribution is 2.17. The highest BCUT2D eigenvalue weighted by Gasteiger charge is 2.20. The van der Waals surface area contributed by atoms with Crippen LogP contribution in [0.1, 0.15) is 296 Å². The second kappa shape index (κ2) is 52.0. The number of carbonyl (C=O) groups excluding carboxylic acids is 2. The van der Waals surface area contributed by atoms with Crippen molar-refractivity contribution in [3.8, 4) is 0 Å². The van der Waals surface area contributed by atoms with Gasteiger partial charge in [-0.25, -0.2) is 0 Å². The van der Waals surface area contributed by atoms with Crippen LogP contribution in [0, 0.1) is 0 Å². The molecule has 0 saturated heterocycles. The van der Waals surface area contributed by atoms with E-state index in [1.165, 1.54) is 180 Å². The number of aliphatic hydroxyl groups is 2. The summed E-state index contributed by atoms with van der Waals surface area (Å²) < 4.78 is 5.45. The van der Waals surface area contributed by atoms with Gasteiger partial charge in [0.05, 0.1) is 25.4 Å². The van der Waals surface area contributed by atoms with Crippen LogP contribution in [0.25, 0.3) is 0 Å². The molecule has 366 valence electrons. The van der Waals surface area contributed by atoms with Gasteiger partial charge in [-0.15, -0.1) is 0 Å². The SMILES string of the molecule is CCCCCCCCCCCCCCCCC(=O)OCCCCC/C=C\C/C=C\CCCCCCCCCC(=O)NC(CO)C(O)CCCCCCCCCCCCCCCC. The molecule has 0 aromatic carbocycles. The van der Waals surface area contributed by atoms with Crippen molar-refractivity contribution < 1.29 is 24.5 Å². The molecule has 0 aromatic heterocycles. The van der Waals surface area contributed by atoms with Crippen molar-refractivity contribution in [2.24, 2.45) is 0 Å². The fourth-order valence-electron chi connectivity index (χ4n) is 8.49. The molecular weight excluding hydrogens is 767 g/mol. The molecule has 62 heavy (non-hydrogen) atoms. The Morgan fingerprint density at radius 2 is 0.806 bits per heavy atom. The largest absolute Gasteiger partial charge is 0.466 e. The summed E-state index contributed by atoms with van der Waals surface area (Å²) in [7, 11) is 0. The maximum atomic E-state index is 12.4. The van der Waals surface area contributed by atoms with E-state index >= 15 is 0 Å². The number of amides is 1. The van der Waals surface area contributed by atoms with Gasteiger partial charge in [0.2, 0.25) is 5.91 Å². The van der Waals surface area contributed by atoms with Crippen LogP contribution in [0.15, 0.2) is 24.3 Å². The summed E-state index contributed by atoms with van der Waals surface area (Å²) in [4.78, 5) is 24.5. The smallest absolute Gasteiger partial charge is 0.305 e. The number of rotatable bonds is 51. The third-order valence-corrected chi connectivity index (χ3v) is 12.8. The van der Waals surface area contributed by atoms with Crippen LogP contribution in [0.3, 0.4) is 0 Å². The Hall–Kier alpha value is -1.66. The second-order valence-electron chi connectivity index (χ2n) is 18.9. The van der Waals surface area contributed by atoms with E-state index in [9.17, 15) is 19.8 Å². The summed E-state index contributed by atoms with van der Waals surface area (Å²) in [6.07, 6.45) is 61.6. The van der Waals surface area contributed by atoms with E-state index in [-0.39, 0.29) is 18.5 Å². The molecule has 6 nitrogen and oxygen atoms in total. The molecule has 1 amide bonds. The Kier molecular flexibility index (Phi) is 50.6. The molecule has 0 aliphatic rings. The summed E-state index contributed by atoms with van der Waals surface area (Å²) in [5, 5.41) is 23.2. The van der Waals surface area contributed by atoms with Crippen molar-refractivity contribution in [2.75, 3.05) is 13.2 Å². The van der Waals surface area contributed by atoms with E-state index in [1.807, 2.05) is 0 Å². The lowest BCUT2D eigenvalue weighted by Gasteiger charge is -2.22. The minimum absolute atomic E-state index is 0.0132. The maximum absolute atomic E-state index is 12.4. The monoisotopic (exact) mass is 874 g/mol. The van der Waals surface area contributed by atoms with Gasteiger partial charge in [-0.1, -0.05) is 244 Å². The molecule has 0 aliphatic heterocycles. The average molecular weight is 874 g/mol. The van der Waals surface area contributed by atoms with Crippen molar-refractivity contribution in [3.05, 3.63) is 24.3 Å². The maximum Gasteiger partial charge on any atom is 0.305 e. The fraction of sp³-hybridized carbons (Fsp3) is 0.893. The molecule has 2 unspecified atom stereocenters. The van der Waals surface area contributed by atoms with Gasteiger partial charge in [0.1, 0.15) is 0 Å². The number of ether oxygens (including phenoxy) is 1. The summed E-state index contributed by atoms with van der Waals surface area (Å²) in [5.41, 5.74) is 0. The topological polar surface area (TPSA) is 95.9 Å². The van der Waals surface area contributed by atoms with E-state index in [2.05, 4.69) is 43.5 Å². The number of esters is 1. The standard InChI is InChI=1S/C56H107NO5/c1-3-5-7-9-11-13-15-17-24-28-32-36-40-44-48-54(59)53(52-58)57-55(60)49-45-41-37-33-29-25-22-20-19-21-23-27-31-35-39-43-47-51-62-56(61)50-46-42-38-34-30-26-18-16-14-12-10-8-6-4-2/h19,21,27,31,53-54,58-59H,3-18,20,22-26,28-30,32-52H2,1-2H3,(H,57,60)/b21-19-,31-27-. The first-order valence-corrected chi connectivity index (χ1v) is 27.6. The number of hydrogen-bond acceptors (Lipinski definition) is 5. The van der Waals surface area contributed by atoms with E-state index in [1.54, 1.807) is 0 Å². The van der Waals surface area contributed by atoms with Crippen LogP contribution in [0.5, 0.6) is 0 Å². The fourth-order valence-corrected chi connectivity index (χ4v) is 8.49. The molecule has 6 heteroatoms. The number of carbonyl (C=O) groups is 2. The molecule has 0 spiro atoms. The molecule has 0 heterocycles. The zero-order chi connectivity index (χ0) is 45.1. The average Bonchev–Trinajstić information content (AvgIpc) is 3.27. The van der Waals surface area contributed by atoms with E-state index in [0.717, 1.165) is 83.5 Å². The van der Waals surface area contributed by atoms with Crippen LogP contribution in [0.2, 0.25) is 0 Å². The van der Waals surface area contributed by atoms with Crippen molar-refractivity contribution >= 4 is 11.9 Å². The second-order valence-corrected chi connectivity index (χ2v) is 18.9. The normalized spacial score (nSPS) is 12.8. The summed E-state index contributed by atoms with van der Waals surface area (Å²) >= 11 is 0. The van der Waals surface area contributed by atoms with Crippen molar-refractivity contribution in [3.63, 3.8) is 0 Å². The summed E-state index contributed by atoms with van der Waals surface area (Å²) in [6.45, 7) is 4.91. The quantitative estimate of drug-likeness (QED) is 0.0321. The first-order chi connectivity index (χ1) is 30.5. The lowest BCUT2D eigenvalue weighted by molar-refractivity contribution is -0.143. The number of unbranched alkanes of at least 4 members (excludes halogenated alkanes) is 36. The first-order valence-electron chi connectivity index (χ1n) is 27.6. The van der Waals surface area contributed by atoms with E-state index < -0.39 is 12.1 Å². The van der Waals surface area contributed by atoms with Crippen molar-refractivity contribution in [2.45, 2.75) is 309 Å². The van der Waals surface area contributed by atoms with Crippen LogP contribution >= 0.6 is 0 Å². The minimum atomic E-state index is -0.674. The van der Waals surface area contributed by atoms with Crippen LogP contribution in [-0.2, 0) is 14.3 Å². The van der Waals surface area contributed by atoms with Gasteiger partial charge in [0.15, 0.2) is 0 Å². The van der Waals surface area contributed by atoms with Gasteiger partial charge in [0.25, 0.3) is 0 Å². The van der Waals surface area contributed by atoms with Crippen molar-refractivity contribution in [1.29, 1.82) is 0 Å². The Bertz CT molecular complexity index is 966. The highest BCUT2D eigenvalue weighted by atomic mass is 16.5. The first kappa shape index (κ1) is 60.3. The molecular formula is C56H107NO5. The third-order valence-electron chi connectivity index (χ3n) is 12.8. The number of nitrogens with one attached hydrogen (secondary N) is 1. The van der Waals surface area contributed by atoms with E-state index in [4.69, 9.17) is 4.74 Å². The molecule has 0 saturated carbocycles. The van der Waals surface area contributed by atoms with Gasteiger partial charge in [-0.3, -0.25) is 9.59 Å². The molecule has 0 radical (unpaired) electrons. The number of allylic oxidation sites excluding steroid dienone is 4. The lowest BCUT2D eigenvalue weighted by Crippen LogP contribution is -2.45. The van der Waals surface area contributed by atoms with Gasteiger partial charge >= 0.3 is 5.97 Å². The molecule has 0 aromatic rings. The lowest BCUT2D eigenvalue weighted by atomic mass is 10.0. The Balaban J connectivity index is 3.49. The van der Waals surface area contributed by atoms with Gasteiger partial charge in [-0.2, -0.15) is 0 Å². The molecule has 0 fully saturated rings. The van der Waals surface area contributed by atoms with E-state index in [0.29, 0.717) is 25.9 Å². The number of hydrogen-bond donors (Lipinski definition) is 3. The Morgan fingerprint density at radius 3 is 1.23 bits per heavy atom.